The van der Waals surface area contributed by atoms with Crippen LogP contribution in [0.25, 0.3) is 0 Å². The Morgan fingerprint density at radius 1 is 1.29 bits per heavy atom. The molecule has 0 N–H and O–H groups in total. The Morgan fingerprint density at radius 3 is 2.57 bits per heavy atom. The van der Waals surface area contributed by atoms with E-state index in [1.54, 1.807) is 0 Å². The van der Waals surface area contributed by atoms with Gasteiger partial charge in [0.05, 0.1) is 15.5 Å². The van der Waals surface area contributed by atoms with Crippen molar-refractivity contribution in [1.29, 1.82) is 0 Å². The minimum Gasteiger partial charge on any atom is -0.437 e. The second kappa shape index (κ2) is 6.24. The average Bonchev–Trinajstić information content (AvgIpc) is 2.40. The van der Waals surface area contributed by atoms with E-state index in [-0.39, 0.29) is 28.3 Å². The van der Waals surface area contributed by atoms with Crippen molar-refractivity contribution < 1.29 is 9.66 Å². The van der Waals surface area contributed by atoms with Crippen molar-refractivity contribution in [3.63, 3.8) is 0 Å². The van der Waals surface area contributed by atoms with E-state index in [4.69, 9.17) is 27.9 Å². The number of nitrogens with zero attached hydrogens (tertiary/aromatic N) is 3. The number of benzene rings is 1. The van der Waals surface area contributed by atoms with Crippen LogP contribution in [0.1, 0.15) is 25.3 Å². The summed E-state index contributed by atoms with van der Waals surface area (Å²) in [6, 6.07) is 3.94. The lowest BCUT2D eigenvalue weighted by Gasteiger charge is -2.13. The van der Waals surface area contributed by atoms with Crippen molar-refractivity contribution in [2.24, 2.45) is 0 Å². The van der Waals surface area contributed by atoms with Gasteiger partial charge in [0.1, 0.15) is 17.2 Å². The molecule has 0 aliphatic carbocycles. The van der Waals surface area contributed by atoms with E-state index in [9.17, 15) is 10.1 Å². The molecule has 0 amide bonds. The topological polar surface area (TPSA) is 78.2 Å². The summed E-state index contributed by atoms with van der Waals surface area (Å²) in [6.45, 7) is 3.85. The summed E-state index contributed by atoms with van der Waals surface area (Å²) in [5, 5.41) is 11.1. The minimum atomic E-state index is -0.531. The van der Waals surface area contributed by atoms with Gasteiger partial charge in [0.2, 0.25) is 5.88 Å². The lowest BCUT2D eigenvalue weighted by atomic mass is 10.1. The van der Waals surface area contributed by atoms with Gasteiger partial charge in [0.25, 0.3) is 5.69 Å². The maximum absolute atomic E-state index is 10.7. The summed E-state index contributed by atoms with van der Waals surface area (Å²) in [5.74, 6) is 0.588. The number of rotatable bonds is 4. The highest BCUT2D eigenvalue weighted by Gasteiger charge is 2.17. The lowest BCUT2D eigenvalue weighted by molar-refractivity contribution is -0.384. The van der Waals surface area contributed by atoms with Gasteiger partial charge in [0, 0.05) is 12.1 Å². The molecule has 1 aromatic carbocycles. The standard InChI is InChI=1S/C13H11Cl2N3O3/c1-7(2)11-12(15)16-6-17-13(11)21-10-4-3-8(18(19)20)5-9(10)14/h3-7H,1-2H3. The van der Waals surface area contributed by atoms with E-state index in [1.165, 1.54) is 24.5 Å². The number of hydrogen-bond donors (Lipinski definition) is 0. The fourth-order valence-electron chi connectivity index (χ4n) is 1.72. The summed E-state index contributed by atoms with van der Waals surface area (Å²) in [4.78, 5) is 18.1. The van der Waals surface area contributed by atoms with Crippen LogP contribution < -0.4 is 4.74 Å². The van der Waals surface area contributed by atoms with Gasteiger partial charge >= 0.3 is 0 Å². The number of nitro groups is 1. The Hall–Kier alpha value is -1.92. The number of non-ortho nitro benzene ring substituents is 1. The van der Waals surface area contributed by atoms with E-state index in [1.807, 2.05) is 13.8 Å². The number of halogens is 2. The van der Waals surface area contributed by atoms with Crippen LogP contribution in [0, 0.1) is 10.1 Å². The molecule has 0 unspecified atom stereocenters. The van der Waals surface area contributed by atoms with Gasteiger partial charge in [-0.1, -0.05) is 37.0 Å². The number of ether oxygens (including phenoxy) is 1. The highest BCUT2D eigenvalue weighted by Crippen LogP contribution is 2.36. The molecule has 0 spiro atoms. The zero-order valence-electron chi connectivity index (χ0n) is 11.2. The van der Waals surface area contributed by atoms with E-state index < -0.39 is 4.92 Å². The first-order valence-corrected chi connectivity index (χ1v) is 6.78. The quantitative estimate of drug-likeness (QED) is 0.465. The largest absolute Gasteiger partial charge is 0.437 e. The summed E-state index contributed by atoms with van der Waals surface area (Å²) >= 11 is 12.0. The lowest BCUT2D eigenvalue weighted by Crippen LogP contribution is -2.00. The van der Waals surface area contributed by atoms with Gasteiger partial charge in [-0.05, 0) is 12.0 Å². The molecule has 0 aliphatic heterocycles. The van der Waals surface area contributed by atoms with Crippen LogP contribution in [0.15, 0.2) is 24.5 Å². The SMILES string of the molecule is CC(C)c1c(Cl)ncnc1Oc1ccc([N+](=O)[O-])cc1Cl. The van der Waals surface area contributed by atoms with Crippen LogP contribution in [-0.4, -0.2) is 14.9 Å². The molecule has 0 radical (unpaired) electrons. The van der Waals surface area contributed by atoms with Gasteiger partial charge in [-0.3, -0.25) is 10.1 Å². The van der Waals surface area contributed by atoms with E-state index in [0.29, 0.717) is 10.7 Å². The molecule has 0 saturated carbocycles. The third-order valence-corrected chi connectivity index (χ3v) is 3.31. The molecule has 1 heterocycles. The zero-order chi connectivity index (χ0) is 15.6. The molecule has 8 heteroatoms. The predicted octanol–water partition coefficient (Wildman–Crippen LogP) is 4.61. The Kier molecular flexibility index (Phi) is 4.59. The minimum absolute atomic E-state index is 0.0468. The molecular formula is C13H11Cl2N3O3. The van der Waals surface area contributed by atoms with E-state index >= 15 is 0 Å². The Labute approximate surface area is 130 Å². The molecular weight excluding hydrogens is 317 g/mol. The number of aromatic nitrogens is 2. The zero-order valence-corrected chi connectivity index (χ0v) is 12.7. The van der Waals surface area contributed by atoms with Gasteiger partial charge in [-0.15, -0.1) is 0 Å². The first-order chi connectivity index (χ1) is 9.90. The fraction of sp³-hybridized carbons (Fsp3) is 0.231. The first kappa shape index (κ1) is 15.5. The maximum Gasteiger partial charge on any atom is 0.271 e. The maximum atomic E-state index is 10.7. The highest BCUT2D eigenvalue weighted by atomic mass is 35.5. The molecule has 0 atom stereocenters. The molecule has 0 saturated heterocycles. The third-order valence-electron chi connectivity index (χ3n) is 2.71. The van der Waals surface area contributed by atoms with Crippen molar-refractivity contribution >= 4 is 28.9 Å². The van der Waals surface area contributed by atoms with Crippen LogP contribution in [0.2, 0.25) is 10.2 Å². The molecule has 0 aliphatic rings. The number of nitro benzene ring substituents is 1. The molecule has 0 bridgehead atoms. The van der Waals surface area contributed by atoms with Crippen molar-refractivity contribution in [2.75, 3.05) is 0 Å². The Bertz CT molecular complexity index is 692. The van der Waals surface area contributed by atoms with Crippen LogP contribution in [0.5, 0.6) is 11.6 Å². The summed E-state index contributed by atoms with van der Waals surface area (Å²) in [6.07, 6.45) is 1.28. The molecule has 1 aromatic heterocycles. The highest BCUT2D eigenvalue weighted by molar-refractivity contribution is 6.32. The van der Waals surface area contributed by atoms with E-state index in [0.717, 1.165) is 0 Å². The second-order valence-electron chi connectivity index (χ2n) is 4.51. The van der Waals surface area contributed by atoms with E-state index in [2.05, 4.69) is 9.97 Å². The monoisotopic (exact) mass is 327 g/mol. The molecule has 6 nitrogen and oxygen atoms in total. The molecule has 0 fully saturated rings. The summed E-state index contributed by atoms with van der Waals surface area (Å²) < 4.78 is 5.63. The van der Waals surface area contributed by atoms with Gasteiger partial charge in [0.15, 0.2) is 0 Å². The predicted molar refractivity (Wildman–Crippen MR) is 79.3 cm³/mol. The van der Waals surface area contributed by atoms with Crippen LogP contribution in [0.3, 0.4) is 0 Å². The Balaban J connectivity index is 2.39. The van der Waals surface area contributed by atoms with Gasteiger partial charge in [-0.25, -0.2) is 9.97 Å². The first-order valence-electron chi connectivity index (χ1n) is 6.02. The summed E-state index contributed by atoms with van der Waals surface area (Å²) in [7, 11) is 0. The molecule has 2 aromatic rings. The van der Waals surface area contributed by atoms with Gasteiger partial charge < -0.3 is 4.74 Å². The summed E-state index contributed by atoms with van der Waals surface area (Å²) in [5.41, 5.74) is 0.533. The van der Waals surface area contributed by atoms with Crippen molar-refractivity contribution in [1.82, 2.24) is 9.97 Å². The number of hydrogen-bond acceptors (Lipinski definition) is 5. The molecule has 21 heavy (non-hydrogen) atoms. The average molecular weight is 328 g/mol. The van der Waals surface area contributed by atoms with Crippen molar-refractivity contribution in [3.8, 4) is 11.6 Å². The third kappa shape index (κ3) is 3.40. The normalized spacial score (nSPS) is 10.7. The second-order valence-corrected chi connectivity index (χ2v) is 5.28. The van der Waals surface area contributed by atoms with Crippen molar-refractivity contribution in [2.45, 2.75) is 19.8 Å². The fourth-order valence-corrected chi connectivity index (χ4v) is 2.27. The molecule has 110 valence electrons. The smallest absolute Gasteiger partial charge is 0.271 e. The van der Waals surface area contributed by atoms with Crippen molar-refractivity contribution in [3.05, 3.63) is 50.4 Å². The van der Waals surface area contributed by atoms with Crippen LogP contribution in [-0.2, 0) is 0 Å². The Morgan fingerprint density at radius 2 is 2.00 bits per heavy atom. The van der Waals surface area contributed by atoms with Crippen LogP contribution >= 0.6 is 23.2 Å². The van der Waals surface area contributed by atoms with Crippen LogP contribution in [0.4, 0.5) is 5.69 Å². The van der Waals surface area contributed by atoms with Gasteiger partial charge in [-0.2, -0.15) is 0 Å². The molecule has 2 rings (SSSR count).